The number of thioether (sulfide) groups is 1. The lowest BCUT2D eigenvalue weighted by molar-refractivity contribution is -0.109. The van der Waals surface area contributed by atoms with Gasteiger partial charge in [0.1, 0.15) is 6.29 Å². The number of hydrogen-bond donors (Lipinski definition) is 0. The van der Waals surface area contributed by atoms with Gasteiger partial charge in [0.25, 0.3) is 0 Å². The lowest BCUT2D eigenvalue weighted by Crippen LogP contribution is -2.26. The van der Waals surface area contributed by atoms with Crippen molar-refractivity contribution in [3.63, 3.8) is 0 Å². The summed E-state index contributed by atoms with van der Waals surface area (Å²) in [5.74, 6) is -0.148. The van der Waals surface area contributed by atoms with Gasteiger partial charge in [0.15, 0.2) is 0 Å². The summed E-state index contributed by atoms with van der Waals surface area (Å²) < 4.78 is -1.31. The van der Waals surface area contributed by atoms with E-state index in [2.05, 4.69) is 0 Å². The molecule has 0 aliphatic heterocycles. The first-order valence-electron chi connectivity index (χ1n) is 3.90. The number of allylic oxidation sites excluding steroid dienone is 4. The van der Waals surface area contributed by atoms with Crippen LogP contribution in [0.4, 0.5) is 0 Å². The van der Waals surface area contributed by atoms with Crippen molar-refractivity contribution in [3.05, 3.63) is 23.1 Å². The second-order valence-electron chi connectivity index (χ2n) is 2.93. The highest BCUT2D eigenvalue weighted by Crippen LogP contribution is 2.33. The molecule has 1 aliphatic rings. The summed E-state index contributed by atoms with van der Waals surface area (Å²) in [4.78, 5) is 11.5. The van der Waals surface area contributed by atoms with Gasteiger partial charge in [-0.3, -0.25) is 0 Å². The molecule has 0 aromatic rings. The maximum atomic E-state index is 10.6. The van der Waals surface area contributed by atoms with Crippen LogP contribution < -0.4 is 0 Å². The van der Waals surface area contributed by atoms with Gasteiger partial charge in [-0.2, -0.15) is 11.8 Å². The summed E-state index contributed by atoms with van der Waals surface area (Å²) in [6, 6.07) is 0. The number of hydrogen-bond acceptors (Lipinski definition) is 2. The number of aldehydes is 1. The van der Waals surface area contributed by atoms with E-state index in [0.29, 0.717) is 6.42 Å². The summed E-state index contributed by atoms with van der Waals surface area (Å²) >= 11 is 1.12. The molecule has 0 saturated carbocycles. The molecule has 6 radical (unpaired) electrons. The molecule has 0 aromatic heterocycles. The second-order valence-corrected chi connectivity index (χ2v) is 4.31. The molecule has 60 valence electrons. The van der Waals surface area contributed by atoms with Crippen LogP contribution in [0.3, 0.4) is 0 Å². The zero-order valence-electron chi connectivity index (χ0n) is 7.14. The molecule has 0 fully saturated rings. The maximum absolute atomic E-state index is 10.6. The van der Waals surface area contributed by atoms with Crippen LogP contribution in [-0.4, -0.2) is 34.3 Å². The topological polar surface area (TPSA) is 17.1 Å². The largest absolute Gasteiger partial charge is 0.303 e. The molecule has 5 heteroatoms. The summed E-state index contributed by atoms with van der Waals surface area (Å²) in [5, 5.41) is 0. The monoisotopic (exact) mass is 184 g/mol. The third-order valence-electron chi connectivity index (χ3n) is 1.61. The molecule has 0 N–H and O–H groups in total. The molecule has 1 aliphatic carbocycles. The van der Waals surface area contributed by atoms with Gasteiger partial charge in [0, 0.05) is 5.92 Å². The summed E-state index contributed by atoms with van der Waals surface area (Å²) in [5.41, 5.74) is 0. The van der Waals surface area contributed by atoms with Gasteiger partial charge in [-0.05, 0) is 11.3 Å². The van der Waals surface area contributed by atoms with Gasteiger partial charge in [-0.15, -0.1) is 0 Å². The first kappa shape index (κ1) is 10.8. The summed E-state index contributed by atoms with van der Waals surface area (Å²) in [6.45, 7) is 0. The van der Waals surface area contributed by atoms with Gasteiger partial charge in [0.2, 0.25) is 0 Å². The van der Waals surface area contributed by atoms with Crippen molar-refractivity contribution >= 4 is 41.6 Å². The van der Waals surface area contributed by atoms with Crippen LogP contribution in [0.25, 0.3) is 0 Å². The summed E-state index contributed by atoms with van der Waals surface area (Å²) in [6.07, 6.45) is 7.18. The molecular formula is C8H7B3OS. The highest BCUT2D eigenvalue weighted by atomic mass is 32.2. The standard InChI is InChI=1S/C8H7B3OS/c9-8(10,11)13-7-4-2-1-3-6(7)5-12/h1-2,4-6H,3H2. The quantitative estimate of drug-likeness (QED) is 0.468. The average Bonchev–Trinajstić information content (AvgIpc) is 2.02. The Morgan fingerprint density at radius 2 is 2.23 bits per heavy atom. The zero-order valence-corrected chi connectivity index (χ0v) is 7.96. The predicted molar refractivity (Wildman–Crippen MR) is 59.0 cm³/mol. The molecule has 0 heterocycles. The van der Waals surface area contributed by atoms with Crippen LogP contribution in [0.2, 0.25) is 0 Å². The normalized spacial score (nSPS) is 22.5. The Labute approximate surface area is 86.6 Å². The first-order chi connectivity index (χ1) is 6.03. The molecule has 1 unspecified atom stereocenters. The van der Waals surface area contributed by atoms with E-state index in [1.165, 1.54) is 0 Å². The summed E-state index contributed by atoms with van der Waals surface area (Å²) in [7, 11) is 16.3. The molecule has 0 aromatic carbocycles. The van der Waals surface area contributed by atoms with Gasteiger partial charge in [-0.25, -0.2) is 0 Å². The van der Waals surface area contributed by atoms with Crippen LogP contribution in [-0.2, 0) is 4.79 Å². The van der Waals surface area contributed by atoms with E-state index in [1.807, 2.05) is 18.2 Å². The highest BCUT2D eigenvalue weighted by Gasteiger charge is 2.20. The maximum Gasteiger partial charge on any atom is 0.128 e. The van der Waals surface area contributed by atoms with Crippen LogP contribution in [0.5, 0.6) is 0 Å². The van der Waals surface area contributed by atoms with E-state index in [1.54, 1.807) is 0 Å². The van der Waals surface area contributed by atoms with Crippen LogP contribution in [0, 0.1) is 5.92 Å². The van der Waals surface area contributed by atoms with Crippen molar-refractivity contribution in [1.82, 2.24) is 0 Å². The number of rotatable bonds is 3. The van der Waals surface area contributed by atoms with Crippen molar-refractivity contribution in [2.45, 2.75) is 10.9 Å². The van der Waals surface area contributed by atoms with Crippen LogP contribution >= 0.6 is 11.8 Å². The molecular weight excluding hydrogens is 177 g/mol. The number of carbonyl (C=O) groups excluding carboxylic acids is 1. The smallest absolute Gasteiger partial charge is 0.128 e. The fourth-order valence-corrected chi connectivity index (χ4v) is 1.92. The van der Waals surface area contributed by atoms with Crippen LogP contribution in [0.15, 0.2) is 23.1 Å². The predicted octanol–water partition coefficient (Wildman–Crippen LogP) is 0.495. The molecule has 0 bridgehead atoms. The molecule has 1 rings (SSSR count). The van der Waals surface area contributed by atoms with Crippen molar-refractivity contribution in [2.24, 2.45) is 5.92 Å². The minimum absolute atomic E-state index is 0.148. The van der Waals surface area contributed by atoms with E-state index in [-0.39, 0.29) is 5.92 Å². The van der Waals surface area contributed by atoms with E-state index in [9.17, 15) is 4.79 Å². The Morgan fingerprint density at radius 1 is 1.54 bits per heavy atom. The Bertz CT molecular complexity index is 255. The average molecular weight is 184 g/mol. The zero-order chi connectivity index (χ0) is 9.90. The lowest BCUT2D eigenvalue weighted by Gasteiger charge is -2.25. The minimum atomic E-state index is -1.31. The fourth-order valence-electron chi connectivity index (χ4n) is 1.06. The van der Waals surface area contributed by atoms with E-state index in [0.717, 1.165) is 23.0 Å². The van der Waals surface area contributed by atoms with Crippen molar-refractivity contribution in [1.29, 1.82) is 0 Å². The van der Waals surface area contributed by atoms with Gasteiger partial charge < -0.3 is 4.79 Å². The van der Waals surface area contributed by atoms with E-state index < -0.39 is 4.45 Å². The molecule has 0 saturated heterocycles. The third-order valence-corrected chi connectivity index (χ3v) is 2.64. The fraction of sp³-hybridized carbons (Fsp3) is 0.375. The van der Waals surface area contributed by atoms with Gasteiger partial charge >= 0.3 is 0 Å². The van der Waals surface area contributed by atoms with Crippen molar-refractivity contribution < 1.29 is 4.79 Å². The van der Waals surface area contributed by atoms with Crippen LogP contribution in [0.1, 0.15) is 6.42 Å². The SMILES string of the molecule is [B]C([B])([B])SC1=CC=CCC1C=O. The Kier molecular flexibility index (Phi) is 3.54. The van der Waals surface area contributed by atoms with Crippen molar-refractivity contribution in [3.8, 4) is 0 Å². The lowest BCUT2D eigenvalue weighted by atomic mass is 9.56. The molecule has 1 atom stereocenters. The van der Waals surface area contributed by atoms with Crippen molar-refractivity contribution in [2.75, 3.05) is 0 Å². The first-order valence-corrected chi connectivity index (χ1v) is 4.72. The Balaban J connectivity index is 2.70. The van der Waals surface area contributed by atoms with E-state index >= 15 is 0 Å². The minimum Gasteiger partial charge on any atom is -0.303 e. The molecule has 0 amide bonds. The number of carbonyl (C=O) groups is 1. The Morgan fingerprint density at radius 3 is 2.77 bits per heavy atom. The van der Waals surface area contributed by atoms with E-state index in [4.69, 9.17) is 23.5 Å². The molecule has 1 nitrogen and oxygen atoms in total. The highest BCUT2D eigenvalue weighted by molar-refractivity contribution is 8.07. The molecule has 0 spiro atoms. The third kappa shape index (κ3) is 3.51. The van der Waals surface area contributed by atoms with Gasteiger partial charge in [0.05, 0.1) is 23.5 Å². The Hall–Kier alpha value is -0.305. The molecule has 13 heavy (non-hydrogen) atoms. The second kappa shape index (κ2) is 4.27. The van der Waals surface area contributed by atoms with Gasteiger partial charge in [-0.1, -0.05) is 22.7 Å².